The molecule has 0 spiro atoms. The second-order valence-electron chi connectivity index (χ2n) is 5.74. The van der Waals surface area contributed by atoms with Crippen molar-refractivity contribution in [2.24, 2.45) is 0 Å². The summed E-state index contributed by atoms with van der Waals surface area (Å²) in [5.41, 5.74) is 3.66. The Balaban J connectivity index is 1.97. The van der Waals surface area contributed by atoms with Crippen LogP contribution in [0.5, 0.6) is 0 Å². The molecule has 0 unspecified atom stereocenters. The first-order valence-electron chi connectivity index (χ1n) is 7.65. The van der Waals surface area contributed by atoms with Gasteiger partial charge in [-0.2, -0.15) is 11.8 Å². The fourth-order valence-corrected chi connectivity index (χ4v) is 4.51. The normalized spacial score (nSPS) is 13.0. The van der Waals surface area contributed by atoms with E-state index in [1.54, 1.807) is 11.3 Å². The molecule has 0 aliphatic heterocycles. The highest BCUT2D eigenvalue weighted by atomic mass is 32.2. The van der Waals surface area contributed by atoms with Gasteiger partial charge in [-0.05, 0) is 38.0 Å². The quantitative estimate of drug-likeness (QED) is 0.831. The first-order valence-corrected chi connectivity index (χ1v) is 9.86. The molecule has 23 heavy (non-hydrogen) atoms. The Morgan fingerprint density at radius 2 is 1.96 bits per heavy atom. The Morgan fingerprint density at radius 3 is 2.65 bits per heavy atom. The lowest BCUT2D eigenvalue weighted by atomic mass is 9.99. The van der Waals surface area contributed by atoms with Gasteiger partial charge in [0, 0.05) is 10.4 Å². The minimum atomic E-state index is -0.0459. The van der Waals surface area contributed by atoms with E-state index in [0.717, 1.165) is 35.4 Å². The van der Waals surface area contributed by atoms with Crippen molar-refractivity contribution in [3.05, 3.63) is 51.4 Å². The van der Waals surface area contributed by atoms with Crippen molar-refractivity contribution in [2.45, 2.75) is 26.2 Å². The average molecular weight is 345 g/mol. The van der Waals surface area contributed by atoms with Crippen LogP contribution in [0.25, 0.3) is 0 Å². The minimum Gasteiger partial charge on any atom is -0.316 e. The molecule has 0 bridgehead atoms. The number of aryl methyl sites for hydroxylation is 2. The summed E-state index contributed by atoms with van der Waals surface area (Å²) in [7, 11) is 0. The average Bonchev–Trinajstić information content (AvgIpc) is 3.08. The lowest BCUT2D eigenvalue weighted by Crippen LogP contribution is -2.16. The highest BCUT2D eigenvalue weighted by Gasteiger charge is 2.27. The number of rotatable bonds is 5. The summed E-state index contributed by atoms with van der Waals surface area (Å²) in [5, 5.41) is 3.66. The number of thiophene rings is 1. The van der Waals surface area contributed by atoms with Crippen LogP contribution in [0.3, 0.4) is 0 Å². The maximum atomic E-state index is 13.0. The number of ketones is 1. The number of carbonyl (C=O) groups excluding carboxylic acids is 2. The van der Waals surface area contributed by atoms with E-state index in [1.807, 2.05) is 37.4 Å². The highest BCUT2D eigenvalue weighted by molar-refractivity contribution is 7.99. The number of anilines is 1. The number of nitrogens with one attached hydrogen (secondary N) is 1. The molecule has 1 aromatic carbocycles. The van der Waals surface area contributed by atoms with Crippen molar-refractivity contribution in [1.82, 2.24) is 0 Å². The molecule has 1 N–H and O–H groups in total. The molecule has 3 rings (SSSR count). The fourth-order valence-electron chi connectivity index (χ4n) is 2.88. The summed E-state index contributed by atoms with van der Waals surface area (Å²) in [6.45, 7) is 2.00. The summed E-state index contributed by atoms with van der Waals surface area (Å²) >= 11 is 3.05. The summed E-state index contributed by atoms with van der Waals surface area (Å²) in [4.78, 5) is 26.2. The molecule has 1 aliphatic carbocycles. The number of benzene rings is 1. The Kier molecular flexibility index (Phi) is 4.87. The molecule has 120 valence electrons. The van der Waals surface area contributed by atoms with Crippen LogP contribution in [0.15, 0.2) is 24.3 Å². The van der Waals surface area contributed by atoms with Crippen molar-refractivity contribution in [1.29, 1.82) is 0 Å². The molecule has 0 saturated heterocycles. The smallest absolute Gasteiger partial charge is 0.234 e. The molecule has 0 saturated carbocycles. The summed E-state index contributed by atoms with van der Waals surface area (Å²) < 4.78 is 0. The third kappa shape index (κ3) is 3.35. The molecular formula is C18H19NO2S2. The maximum Gasteiger partial charge on any atom is 0.234 e. The predicted octanol–water partition coefficient (Wildman–Crippen LogP) is 4.08. The first-order chi connectivity index (χ1) is 11.1. The molecule has 5 heteroatoms. The molecule has 1 aliphatic rings. The minimum absolute atomic E-state index is 0.0175. The molecule has 0 atom stereocenters. The van der Waals surface area contributed by atoms with Gasteiger partial charge in [-0.3, -0.25) is 9.59 Å². The van der Waals surface area contributed by atoms with E-state index in [1.165, 1.54) is 16.6 Å². The van der Waals surface area contributed by atoms with Gasteiger partial charge in [0.1, 0.15) is 5.00 Å². The van der Waals surface area contributed by atoms with Crippen LogP contribution < -0.4 is 5.32 Å². The summed E-state index contributed by atoms with van der Waals surface area (Å²) in [6, 6.07) is 7.63. The highest BCUT2D eigenvalue weighted by Crippen LogP contribution is 2.40. The van der Waals surface area contributed by atoms with Gasteiger partial charge in [0.05, 0.1) is 11.3 Å². The van der Waals surface area contributed by atoms with Crippen LogP contribution in [0.2, 0.25) is 0 Å². The molecule has 1 aromatic heterocycles. The Morgan fingerprint density at radius 1 is 1.22 bits per heavy atom. The van der Waals surface area contributed by atoms with Crippen LogP contribution >= 0.6 is 23.1 Å². The van der Waals surface area contributed by atoms with Crippen LogP contribution in [-0.4, -0.2) is 23.7 Å². The van der Waals surface area contributed by atoms with Crippen molar-refractivity contribution in [3.8, 4) is 0 Å². The molecule has 3 nitrogen and oxygen atoms in total. The number of hydrogen-bond acceptors (Lipinski definition) is 4. The van der Waals surface area contributed by atoms with E-state index in [0.29, 0.717) is 16.9 Å². The van der Waals surface area contributed by atoms with Gasteiger partial charge in [-0.1, -0.05) is 29.8 Å². The standard InChI is InChI=1S/C18H19NO2S2/c1-11-6-8-12(9-7-11)17(21)16-13-4-3-5-14(13)23-18(16)19-15(20)10-22-2/h6-9H,3-5,10H2,1-2H3,(H,19,20). The van der Waals surface area contributed by atoms with E-state index in [-0.39, 0.29) is 11.7 Å². The van der Waals surface area contributed by atoms with E-state index >= 15 is 0 Å². The third-order valence-electron chi connectivity index (χ3n) is 3.99. The number of hydrogen-bond donors (Lipinski definition) is 1. The lowest BCUT2D eigenvalue weighted by molar-refractivity contribution is -0.113. The van der Waals surface area contributed by atoms with Crippen molar-refractivity contribution >= 4 is 39.8 Å². The molecular weight excluding hydrogens is 326 g/mol. The van der Waals surface area contributed by atoms with Crippen molar-refractivity contribution < 1.29 is 9.59 Å². The number of amides is 1. The van der Waals surface area contributed by atoms with Gasteiger partial charge >= 0.3 is 0 Å². The third-order valence-corrected chi connectivity index (χ3v) is 5.75. The fraction of sp³-hybridized carbons (Fsp3) is 0.333. The zero-order valence-corrected chi connectivity index (χ0v) is 14.9. The number of fused-ring (bicyclic) bond motifs is 1. The van der Waals surface area contributed by atoms with Gasteiger partial charge in [-0.15, -0.1) is 11.3 Å². The Labute approximate surface area is 144 Å². The number of carbonyl (C=O) groups is 2. The molecule has 1 heterocycles. The maximum absolute atomic E-state index is 13.0. The van der Waals surface area contributed by atoms with Gasteiger partial charge in [0.2, 0.25) is 5.91 Å². The first kappa shape index (κ1) is 16.3. The molecule has 0 fully saturated rings. The zero-order chi connectivity index (χ0) is 16.4. The second kappa shape index (κ2) is 6.89. The summed E-state index contributed by atoms with van der Waals surface area (Å²) in [6.07, 6.45) is 4.92. The molecule has 1 amide bonds. The van der Waals surface area contributed by atoms with Crippen LogP contribution in [-0.2, 0) is 17.6 Å². The lowest BCUT2D eigenvalue weighted by Gasteiger charge is -2.08. The SMILES string of the molecule is CSCC(=O)Nc1sc2c(c1C(=O)c1ccc(C)cc1)CCC2. The van der Waals surface area contributed by atoms with Gasteiger partial charge in [0.15, 0.2) is 5.78 Å². The van der Waals surface area contributed by atoms with Crippen molar-refractivity contribution in [3.63, 3.8) is 0 Å². The molecule has 0 radical (unpaired) electrons. The second-order valence-corrected chi connectivity index (χ2v) is 7.71. The van der Waals surface area contributed by atoms with E-state index in [9.17, 15) is 9.59 Å². The van der Waals surface area contributed by atoms with Crippen LogP contribution in [0.4, 0.5) is 5.00 Å². The zero-order valence-electron chi connectivity index (χ0n) is 13.3. The Hall–Kier alpha value is -1.59. The van der Waals surface area contributed by atoms with E-state index < -0.39 is 0 Å². The monoisotopic (exact) mass is 345 g/mol. The van der Waals surface area contributed by atoms with Gasteiger partial charge < -0.3 is 5.32 Å². The van der Waals surface area contributed by atoms with Crippen LogP contribution in [0.1, 0.15) is 38.3 Å². The topological polar surface area (TPSA) is 46.2 Å². The van der Waals surface area contributed by atoms with Gasteiger partial charge in [-0.25, -0.2) is 0 Å². The van der Waals surface area contributed by atoms with Crippen LogP contribution in [0, 0.1) is 6.92 Å². The number of thioether (sulfide) groups is 1. The molecule has 2 aromatic rings. The van der Waals surface area contributed by atoms with Gasteiger partial charge in [0.25, 0.3) is 0 Å². The van der Waals surface area contributed by atoms with E-state index in [2.05, 4.69) is 5.32 Å². The largest absolute Gasteiger partial charge is 0.316 e. The Bertz CT molecular complexity index is 747. The van der Waals surface area contributed by atoms with E-state index in [4.69, 9.17) is 0 Å². The summed E-state index contributed by atoms with van der Waals surface area (Å²) in [5.74, 6) is 0.375. The van der Waals surface area contributed by atoms with Crippen molar-refractivity contribution in [2.75, 3.05) is 17.3 Å². The predicted molar refractivity (Wildman–Crippen MR) is 98.0 cm³/mol.